The van der Waals surface area contributed by atoms with Crippen LogP contribution in [0, 0.1) is 0 Å². The van der Waals surface area contributed by atoms with Crippen LogP contribution in [0.4, 0.5) is 0 Å². The minimum Gasteiger partial charge on any atom is -0.396 e. The molecule has 0 spiro atoms. The molecular weight excluding hydrogens is 278 g/mol. The molecule has 0 aliphatic rings. The fraction of sp³-hybridized carbons (Fsp3) is 0.500. The first-order valence-electron chi connectivity index (χ1n) is 6.46. The van der Waals surface area contributed by atoms with Crippen molar-refractivity contribution in [3.63, 3.8) is 0 Å². The molecule has 0 atom stereocenters. The SMILES string of the molecule is O=C(CCSc1ccccc1)NCCSCCCO. The molecule has 0 radical (unpaired) electrons. The first-order chi connectivity index (χ1) is 9.33. The van der Waals surface area contributed by atoms with E-state index < -0.39 is 0 Å². The topological polar surface area (TPSA) is 49.3 Å². The summed E-state index contributed by atoms with van der Waals surface area (Å²) in [4.78, 5) is 12.8. The summed E-state index contributed by atoms with van der Waals surface area (Å²) >= 11 is 3.47. The molecule has 0 aromatic heterocycles. The molecule has 19 heavy (non-hydrogen) atoms. The second-order valence-corrected chi connectivity index (χ2v) is 6.34. The number of carbonyl (C=O) groups excluding carboxylic acids is 1. The average molecular weight is 299 g/mol. The summed E-state index contributed by atoms with van der Waals surface area (Å²) < 4.78 is 0. The Kier molecular flexibility index (Phi) is 9.67. The highest BCUT2D eigenvalue weighted by Gasteiger charge is 2.01. The number of carbonyl (C=O) groups is 1. The number of thioether (sulfide) groups is 2. The van der Waals surface area contributed by atoms with Gasteiger partial charge in [-0.25, -0.2) is 0 Å². The molecule has 0 aliphatic carbocycles. The van der Waals surface area contributed by atoms with E-state index in [9.17, 15) is 4.79 Å². The van der Waals surface area contributed by atoms with E-state index in [1.54, 1.807) is 23.5 Å². The van der Waals surface area contributed by atoms with E-state index in [0.717, 1.165) is 23.7 Å². The van der Waals surface area contributed by atoms with Crippen LogP contribution in [0.2, 0.25) is 0 Å². The van der Waals surface area contributed by atoms with Crippen molar-refractivity contribution in [2.75, 3.05) is 30.4 Å². The molecule has 1 rings (SSSR count). The zero-order valence-electron chi connectivity index (χ0n) is 11.0. The number of amides is 1. The summed E-state index contributed by atoms with van der Waals surface area (Å²) in [5.74, 6) is 2.80. The number of nitrogens with one attached hydrogen (secondary N) is 1. The summed E-state index contributed by atoms with van der Waals surface area (Å²) in [6.45, 7) is 0.959. The molecular formula is C14H21NO2S2. The lowest BCUT2D eigenvalue weighted by atomic mass is 10.4. The summed E-state index contributed by atoms with van der Waals surface area (Å²) in [7, 11) is 0. The summed E-state index contributed by atoms with van der Waals surface area (Å²) in [6.07, 6.45) is 1.38. The fourth-order valence-electron chi connectivity index (χ4n) is 1.40. The number of rotatable bonds is 10. The standard InChI is InChI=1S/C14H21NO2S2/c16-9-4-10-18-12-8-15-14(17)7-11-19-13-5-2-1-3-6-13/h1-3,5-6,16H,4,7-12H2,(H,15,17). The molecule has 5 heteroatoms. The Balaban J connectivity index is 1.96. The van der Waals surface area contributed by atoms with Gasteiger partial charge in [0.05, 0.1) is 0 Å². The van der Waals surface area contributed by atoms with Crippen molar-refractivity contribution >= 4 is 29.4 Å². The van der Waals surface area contributed by atoms with Gasteiger partial charge in [0.2, 0.25) is 5.91 Å². The van der Waals surface area contributed by atoms with E-state index in [2.05, 4.69) is 17.4 Å². The first-order valence-corrected chi connectivity index (χ1v) is 8.60. The van der Waals surface area contributed by atoms with Crippen LogP contribution in [0.15, 0.2) is 35.2 Å². The molecule has 0 fully saturated rings. The number of aliphatic hydroxyl groups excluding tert-OH is 1. The third-order valence-corrected chi connectivity index (χ3v) is 4.44. The van der Waals surface area contributed by atoms with Crippen LogP contribution in [0.3, 0.4) is 0 Å². The first kappa shape index (κ1) is 16.4. The maximum atomic E-state index is 11.5. The Labute approximate surface area is 123 Å². The third kappa shape index (κ3) is 8.97. The summed E-state index contributed by atoms with van der Waals surface area (Å²) in [6, 6.07) is 10.1. The van der Waals surface area contributed by atoms with Gasteiger partial charge >= 0.3 is 0 Å². The van der Waals surface area contributed by atoms with Crippen molar-refractivity contribution < 1.29 is 9.90 Å². The minimum absolute atomic E-state index is 0.117. The zero-order valence-corrected chi connectivity index (χ0v) is 12.6. The van der Waals surface area contributed by atoms with E-state index in [0.29, 0.717) is 13.0 Å². The molecule has 0 aliphatic heterocycles. The summed E-state index contributed by atoms with van der Waals surface area (Å²) in [5, 5.41) is 11.5. The highest BCUT2D eigenvalue weighted by atomic mass is 32.2. The van der Waals surface area contributed by atoms with Gasteiger partial charge < -0.3 is 10.4 Å². The van der Waals surface area contributed by atoms with Crippen LogP contribution >= 0.6 is 23.5 Å². The van der Waals surface area contributed by atoms with Crippen molar-refractivity contribution in [1.82, 2.24) is 5.32 Å². The Morgan fingerprint density at radius 2 is 1.95 bits per heavy atom. The van der Waals surface area contributed by atoms with Crippen molar-refractivity contribution in [2.45, 2.75) is 17.7 Å². The van der Waals surface area contributed by atoms with E-state index in [1.165, 1.54) is 4.90 Å². The average Bonchev–Trinajstić information content (AvgIpc) is 2.44. The monoisotopic (exact) mass is 299 g/mol. The van der Waals surface area contributed by atoms with E-state index in [-0.39, 0.29) is 12.5 Å². The van der Waals surface area contributed by atoms with Gasteiger partial charge in [-0.1, -0.05) is 18.2 Å². The number of aliphatic hydroxyl groups is 1. The molecule has 2 N–H and O–H groups in total. The molecule has 0 bridgehead atoms. The Hall–Kier alpha value is -0.650. The van der Waals surface area contributed by atoms with Crippen molar-refractivity contribution in [2.24, 2.45) is 0 Å². The van der Waals surface area contributed by atoms with Crippen LogP contribution in [0.1, 0.15) is 12.8 Å². The van der Waals surface area contributed by atoms with Gasteiger partial charge in [-0.2, -0.15) is 11.8 Å². The van der Waals surface area contributed by atoms with Crippen molar-refractivity contribution in [3.05, 3.63) is 30.3 Å². The fourth-order valence-corrected chi connectivity index (χ4v) is 3.05. The number of benzene rings is 1. The van der Waals surface area contributed by atoms with Gasteiger partial charge in [0.25, 0.3) is 0 Å². The predicted octanol–water partition coefficient (Wildman–Crippen LogP) is 2.40. The third-order valence-electron chi connectivity index (χ3n) is 2.36. The second-order valence-electron chi connectivity index (χ2n) is 3.95. The highest BCUT2D eigenvalue weighted by molar-refractivity contribution is 7.99. The second kappa shape index (κ2) is 11.2. The smallest absolute Gasteiger partial charge is 0.220 e. The minimum atomic E-state index is 0.117. The molecule has 1 aromatic rings. The van der Waals surface area contributed by atoms with E-state index >= 15 is 0 Å². The van der Waals surface area contributed by atoms with Gasteiger partial charge in [0.1, 0.15) is 0 Å². The molecule has 0 saturated heterocycles. The van der Waals surface area contributed by atoms with Gasteiger partial charge in [0.15, 0.2) is 0 Å². The molecule has 3 nitrogen and oxygen atoms in total. The van der Waals surface area contributed by atoms with Crippen LogP contribution in [0.5, 0.6) is 0 Å². The van der Waals surface area contributed by atoms with Gasteiger partial charge in [-0.3, -0.25) is 4.79 Å². The molecule has 106 valence electrons. The quantitative estimate of drug-likeness (QED) is 0.514. The lowest BCUT2D eigenvalue weighted by Gasteiger charge is -2.05. The van der Waals surface area contributed by atoms with Crippen molar-refractivity contribution in [3.8, 4) is 0 Å². The largest absolute Gasteiger partial charge is 0.396 e. The maximum Gasteiger partial charge on any atom is 0.220 e. The Morgan fingerprint density at radius 3 is 2.68 bits per heavy atom. The van der Waals surface area contributed by atoms with Crippen LogP contribution in [0.25, 0.3) is 0 Å². The van der Waals surface area contributed by atoms with E-state index in [1.807, 2.05) is 18.2 Å². The molecule has 0 unspecified atom stereocenters. The van der Waals surface area contributed by atoms with Crippen LogP contribution in [-0.4, -0.2) is 41.4 Å². The molecule has 0 saturated carbocycles. The zero-order chi connectivity index (χ0) is 13.8. The molecule has 0 heterocycles. The Morgan fingerprint density at radius 1 is 1.16 bits per heavy atom. The van der Waals surface area contributed by atoms with Crippen LogP contribution < -0.4 is 5.32 Å². The molecule has 1 aromatic carbocycles. The lowest BCUT2D eigenvalue weighted by Crippen LogP contribution is -2.26. The molecule has 1 amide bonds. The maximum absolute atomic E-state index is 11.5. The Bertz CT molecular complexity index is 347. The van der Waals surface area contributed by atoms with E-state index in [4.69, 9.17) is 5.11 Å². The van der Waals surface area contributed by atoms with Gasteiger partial charge in [0, 0.05) is 36.0 Å². The van der Waals surface area contributed by atoms with Crippen molar-refractivity contribution in [1.29, 1.82) is 0 Å². The summed E-state index contributed by atoms with van der Waals surface area (Å²) in [5.41, 5.74) is 0. The lowest BCUT2D eigenvalue weighted by molar-refractivity contribution is -0.120. The highest BCUT2D eigenvalue weighted by Crippen LogP contribution is 2.17. The van der Waals surface area contributed by atoms with Gasteiger partial charge in [-0.15, -0.1) is 11.8 Å². The van der Waals surface area contributed by atoms with Crippen LogP contribution in [-0.2, 0) is 4.79 Å². The van der Waals surface area contributed by atoms with Gasteiger partial charge in [-0.05, 0) is 24.3 Å². The number of hydrogen-bond acceptors (Lipinski definition) is 4. The normalized spacial score (nSPS) is 10.4. The predicted molar refractivity (Wildman–Crippen MR) is 83.8 cm³/mol. The number of hydrogen-bond donors (Lipinski definition) is 2.